The first kappa shape index (κ1) is 11.2. The first-order valence-electron chi connectivity index (χ1n) is 4.69. The molecule has 1 heterocycles. The van der Waals surface area contributed by atoms with Crippen molar-refractivity contribution >= 4 is 0 Å². The van der Waals surface area contributed by atoms with Gasteiger partial charge in [-0.3, -0.25) is 0 Å². The van der Waals surface area contributed by atoms with Gasteiger partial charge in [-0.05, 0) is 6.07 Å². The van der Waals surface area contributed by atoms with Crippen LogP contribution in [0, 0.1) is 0 Å². The summed E-state index contributed by atoms with van der Waals surface area (Å²) in [6.45, 7) is 0.455. The Morgan fingerprint density at radius 2 is 1.88 bits per heavy atom. The number of para-hydroxylation sites is 1. The number of rotatable bonds is 2. The minimum absolute atomic E-state index is 0.158. The van der Waals surface area contributed by atoms with Crippen LogP contribution >= 0.6 is 0 Å². The Labute approximate surface area is 89.8 Å². The molecule has 88 valence electrons. The number of nitrogens with one attached hydrogen (secondary N) is 1. The van der Waals surface area contributed by atoms with Gasteiger partial charge in [0.1, 0.15) is 11.4 Å². The van der Waals surface area contributed by atoms with Crippen molar-refractivity contribution in [1.29, 1.82) is 0 Å². The van der Waals surface area contributed by atoms with Crippen molar-refractivity contribution in [3.8, 4) is 5.75 Å². The molecular weight excluding hydrogens is 223 g/mol. The quantitative estimate of drug-likeness (QED) is 0.810. The van der Waals surface area contributed by atoms with Gasteiger partial charge in [-0.1, -0.05) is 18.2 Å². The van der Waals surface area contributed by atoms with E-state index >= 15 is 0 Å². The molecule has 1 fully saturated rings. The van der Waals surface area contributed by atoms with Crippen LogP contribution in [0.15, 0.2) is 24.3 Å². The van der Waals surface area contributed by atoms with Gasteiger partial charge in [-0.15, -0.1) is 13.2 Å². The fourth-order valence-corrected chi connectivity index (χ4v) is 1.62. The van der Waals surface area contributed by atoms with Crippen LogP contribution in [0.5, 0.6) is 5.75 Å². The topological polar surface area (TPSA) is 41.5 Å². The minimum Gasteiger partial charge on any atom is -0.405 e. The van der Waals surface area contributed by atoms with Crippen LogP contribution < -0.4 is 10.1 Å². The molecule has 3 nitrogen and oxygen atoms in total. The van der Waals surface area contributed by atoms with Gasteiger partial charge in [0, 0.05) is 18.7 Å². The molecule has 2 rings (SSSR count). The normalized spacial score (nSPS) is 19.0. The molecule has 0 bridgehead atoms. The van der Waals surface area contributed by atoms with Crippen LogP contribution in [0.25, 0.3) is 0 Å². The third kappa shape index (κ3) is 2.12. The molecule has 0 radical (unpaired) electrons. The Bertz CT molecular complexity index is 388. The molecule has 1 saturated heterocycles. The van der Waals surface area contributed by atoms with E-state index in [9.17, 15) is 18.3 Å². The molecular formula is C10H10F3NO2. The number of aliphatic hydroxyl groups is 1. The zero-order chi connectivity index (χ0) is 11.8. The zero-order valence-electron chi connectivity index (χ0n) is 8.21. The van der Waals surface area contributed by atoms with Crippen LogP contribution in [0.2, 0.25) is 0 Å². The Hall–Kier alpha value is -1.27. The number of β-amino-alcohol motifs (C(OH)–C–C–N with tert-alkyl or cyclic N) is 1. The SMILES string of the molecule is OC1(c2ccccc2OC(F)(F)F)CNC1. The first-order chi connectivity index (χ1) is 7.41. The lowest BCUT2D eigenvalue weighted by molar-refractivity contribution is -0.275. The van der Waals surface area contributed by atoms with Gasteiger partial charge >= 0.3 is 6.36 Å². The number of alkyl halides is 3. The van der Waals surface area contributed by atoms with Crippen LogP contribution in [0.4, 0.5) is 13.2 Å². The van der Waals surface area contributed by atoms with Crippen LogP contribution in [-0.2, 0) is 5.60 Å². The molecule has 0 aromatic heterocycles. The lowest BCUT2D eigenvalue weighted by atomic mass is 9.87. The second-order valence-corrected chi connectivity index (χ2v) is 3.68. The van der Waals surface area contributed by atoms with Crippen LogP contribution in [0.1, 0.15) is 5.56 Å². The highest BCUT2D eigenvalue weighted by molar-refractivity contribution is 5.40. The van der Waals surface area contributed by atoms with Crippen LogP contribution in [0.3, 0.4) is 0 Å². The van der Waals surface area contributed by atoms with Crippen molar-refractivity contribution in [2.45, 2.75) is 12.0 Å². The molecule has 0 saturated carbocycles. The Kier molecular flexibility index (Phi) is 2.55. The average molecular weight is 233 g/mol. The largest absolute Gasteiger partial charge is 0.573 e. The number of hydrogen-bond donors (Lipinski definition) is 2. The predicted octanol–water partition coefficient (Wildman–Crippen LogP) is 1.38. The Morgan fingerprint density at radius 1 is 1.25 bits per heavy atom. The summed E-state index contributed by atoms with van der Waals surface area (Å²) in [6.07, 6.45) is -4.75. The van der Waals surface area contributed by atoms with Crippen molar-refractivity contribution in [3.63, 3.8) is 0 Å². The third-order valence-corrected chi connectivity index (χ3v) is 2.45. The Morgan fingerprint density at radius 3 is 2.38 bits per heavy atom. The second-order valence-electron chi connectivity index (χ2n) is 3.68. The molecule has 16 heavy (non-hydrogen) atoms. The maximum Gasteiger partial charge on any atom is 0.573 e. The molecule has 1 aromatic rings. The van der Waals surface area contributed by atoms with Crippen molar-refractivity contribution < 1.29 is 23.0 Å². The summed E-state index contributed by atoms with van der Waals surface area (Å²) in [6, 6.07) is 5.62. The predicted molar refractivity (Wildman–Crippen MR) is 49.9 cm³/mol. The molecule has 1 aliphatic heterocycles. The molecule has 2 N–H and O–H groups in total. The van der Waals surface area contributed by atoms with Crippen LogP contribution in [-0.4, -0.2) is 24.6 Å². The minimum atomic E-state index is -4.75. The van der Waals surface area contributed by atoms with Gasteiger partial charge in [-0.2, -0.15) is 0 Å². The smallest absolute Gasteiger partial charge is 0.405 e. The highest BCUT2D eigenvalue weighted by Gasteiger charge is 2.41. The van der Waals surface area contributed by atoms with E-state index in [0.29, 0.717) is 0 Å². The number of ether oxygens (including phenoxy) is 1. The van der Waals surface area contributed by atoms with Gasteiger partial charge in [0.15, 0.2) is 0 Å². The van der Waals surface area contributed by atoms with Crippen molar-refractivity contribution in [2.75, 3.05) is 13.1 Å². The van der Waals surface area contributed by atoms with Crippen molar-refractivity contribution in [2.24, 2.45) is 0 Å². The van der Waals surface area contributed by atoms with E-state index in [1.54, 1.807) is 6.07 Å². The summed E-state index contributed by atoms with van der Waals surface area (Å²) in [5.41, 5.74) is -1.10. The van der Waals surface area contributed by atoms with Gasteiger partial charge < -0.3 is 15.2 Å². The summed E-state index contributed by atoms with van der Waals surface area (Å²) in [5, 5.41) is 12.8. The molecule has 0 atom stereocenters. The first-order valence-corrected chi connectivity index (χ1v) is 4.69. The molecule has 6 heteroatoms. The summed E-state index contributed by atoms with van der Waals surface area (Å²) >= 11 is 0. The van der Waals surface area contributed by atoms with E-state index < -0.39 is 12.0 Å². The van der Waals surface area contributed by atoms with E-state index in [4.69, 9.17) is 0 Å². The molecule has 0 unspecified atom stereocenters. The van der Waals surface area contributed by atoms with Gasteiger partial charge in [0.25, 0.3) is 0 Å². The summed E-state index contributed by atoms with van der Waals surface area (Å²) in [5.74, 6) is -0.348. The molecule has 1 aromatic carbocycles. The third-order valence-electron chi connectivity index (χ3n) is 2.45. The lowest BCUT2D eigenvalue weighted by Gasteiger charge is -2.38. The number of benzene rings is 1. The summed E-state index contributed by atoms with van der Waals surface area (Å²) < 4.78 is 40.2. The van der Waals surface area contributed by atoms with E-state index in [-0.39, 0.29) is 24.4 Å². The van der Waals surface area contributed by atoms with Crippen molar-refractivity contribution in [3.05, 3.63) is 29.8 Å². The number of hydrogen-bond acceptors (Lipinski definition) is 3. The zero-order valence-corrected chi connectivity index (χ0v) is 8.21. The molecule has 0 aliphatic carbocycles. The fourth-order valence-electron chi connectivity index (χ4n) is 1.62. The molecule has 0 spiro atoms. The Balaban J connectivity index is 2.31. The van der Waals surface area contributed by atoms with Crippen molar-refractivity contribution in [1.82, 2.24) is 5.32 Å². The standard InChI is InChI=1S/C10H10F3NO2/c11-10(12,13)16-8-4-2-1-3-7(8)9(15)5-14-6-9/h1-4,14-15H,5-6H2. The van der Waals surface area contributed by atoms with E-state index in [1.165, 1.54) is 18.2 Å². The van der Waals surface area contributed by atoms with E-state index in [2.05, 4.69) is 10.1 Å². The van der Waals surface area contributed by atoms with Gasteiger partial charge in [0.2, 0.25) is 0 Å². The summed E-state index contributed by atoms with van der Waals surface area (Å²) in [7, 11) is 0. The van der Waals surface area contributed by atoms with E-state index in [1.807, 2.05) is 0 Å². The highest BCUT2D eigenvalue weighted by Crippen LogP contribution is 2.35. The molecule has 1 aliphatic rings. The van der Waals surface area contributed by atoms with Gasteiger partial charge in [-0.25, -0.2) is 0 Å². The maximum atomic E-state index is 12.1. The average Bonchev–Trinajstić information content (AvgIpc) is 2.12. The summed E-state index contributed by atoms with van der Waals surface area (Å²) in [4.78, 5) is 0. The fraction of sp³-hybridized carbons (Fsp3) is 0.400. The lowest BCUT2D eigenvalue weighted by Crippen LogP contribution is -2.56. The number of halogens is 3. The highest BCUT2D eigenvalue weighted by atomic mass is 19.4. The monoisotopic (exact) mass is 233 g/mol. The molecule has 0 amide bonds. The van der Waals surface area contributed by atoms with E-state index in [0.717, 1.165) is 0 Å². The van der Waals surface area contributed by atoms with Gasteiger partial charge in [0.05, 0.1) is 0 Å². The second kappa shape index (κ2) is 3.64. The maximum absolute atomic E-state index is 12.1.